The number of hydrogen-bond acceptors (Lipinski definition) is 6. The van der Waals surface area contributed by atoms with Crippen molar-refractivity contribution in [1.29, 1.82) is 5.26 Å². The first kappa shape index (κ1) is 20.5. The Morgan fingerprint density at radius 1 is 1.18 bits per heavy atom. The minimum Gasteiger partial charge on any atom is -0.366 e. The first-order valence-corrected chi connectivity index (χ1v) is 10.5. The number of rotatable bonds is 3. The molecule has 0 bridgehead atoms. The van der Waals surface area contributed by atoms with Gasteiger partial charge in [0.1, 0.15) is 0 Å². The summed E-state index contributed by atoms with van der Waals surface area (Å²) in [5, 5.41) is 17.5. The normalized spacial score (nSPS) is 15.5. The van der Waals surface area contributed by atoms with Crippen molar-refractivity contribution in [3.05, 3.63) is 77.5 Å². The molecule has 0 spiro atoms. The van der Waals surface area contributed by atoms with E-state index in [0.717, 1.165) is 22.3 Å². The van der Waals surface area contributed by atoms with E-state index in [1.807, 2.05) is 49.4 Å². The molecule has 4 aromatic rings. The van der Waals surface area contributed by atoms with Crippen molar-refractivity contribution < 1.29 is 9.63 Å². The number of carbonyl (C=O) groups excluding carboxylic acids is 1. The molecule has 1 atom stereocenters. The van der Waals surface area contributed by atoms with Gasteiger partial charge < -0.3 is 11.1 Å². The predicted octanol–water partition coefficient (Wildman–Crippen LogP) is 4.07. The van der Waals surface area contributed by atoms with Gasteiger partial charge in [0, 0.05) is 18.3 Å². The summed E-state index contributed by atoms with van der Waals surface area (Å²) in [5.41, 5.74) is 11.3. The molecule has 0 radical (unpaired) electrons. The minimum atomic E-state index is -0.345. The fraction of sp³-hybridized carbons (Fsp3) is 0.167. The molecule has 2 amide bonds. The van der Waals surface area contributed by atoms with Crippen LogP contribution >= 0.6 is 0 Å². The number of urea groups is 1. The number of benzene rings is 2. The number of nitrogens with two attached hydrogens (primary N) is 1. The highest BCUT2D eigenvalue weighted by molar-refractivity contribution is 5.91. The summed E-state index contributed by atoms with van der Waals surface area (Å²) in [4.78, 5) is 23.0. The number of amides is 2. The van der Waals surface area contributed by atoms with Gasteiger partial charge in [-0.05, 0) is 59.5 Å². The molecule has 9 nitrogen and oxygen atoms in total. The van der Waals surface area contributed by atoms with Gasteiger partial charge in [0.25, 0.3) is 0 Å². The number of carbonyl (C=O) groups is 1. The molecule has 164 valence electrons. The van der Waals surface area contributed by atoms with E-state index >= 15 is 0 Å². The zero-order chi connectivity index (χ0) is 22.9. The number of anilines is 2. The van der Waals surface area contributed by atoms with Crippen molar-refractivity contribution >= 4 is 23.3 Å². The van der Waals surface area contributed by atoms with Crippen LogP contribution in [0.4, 0.5) is 16.4 Å². The standard InChI is InChI=1S/C24H21N7O2/c1-15-2-5-18(19-8-10-30-22(13-19)28-23(26)29-30)12-20(15)27-24(32)31-21(9-11-33-31)17-6-3-16(14-25)4-7-17/h2-8,10,12-13,21H,9,11H2,1H3,(H2,26,29)(H,27,32). The molecule has 5 rings (SSSR count). The molecular weight excluding hydrogens is 418 g/mol. The lowest BCUT2D eigenvalue weighted by molar-refractivity contribution is -0.0829. The maximum Gasteiger partial charge on any atom is 0.346 e. The number of aromatic nitrogens is 3. The van der Waals surface area contributed by atoms with Crippen LogP contribution < -0.4 is 11.1 Å². The third-order valence-electron chi connectivity index (χ3n) is 5.70. The summed E-state index contributed by atoms with van der Waals surface area (Å²) >= 11 is 0. The van der Waals surface area contributed by atoms with E-state index in [-0.39, 0.29) is 18.0 Å². The monoisotopic (exact) mass is 439 g/mol. The fourth-order valence-electron chi connectivity index (χ4n) is 3.94. The Kier molecular flexibility index (Phi) is 5.12. The number of nitrogens with zero attached hydrogens (tertiary/aromatic N) is 5. The lowest BCUT2D eigenvalue weighted by Crippen LogP contribution is -2.33. The summed E-state index contributed by atoms with van der Waals surface area (Å²) in [7, 11) is 0. The van der Waals surface area contributed by atoms with E-state index in [1.165, 1.54) is 5.06 Å². The van der Waals surface area contributed by atoms with Gasteiger partial charge >= 0.3 is 6.03 Å². The molecule has 0 saturated carbocycles. The number of nitriles is 1. The highest BCUT2D eigenvalue weighted by atomic mass is 16.7. The van der Waals surface area contributed by atoms with Crippen molar-refractivity contribution in [1.82, 2.24) is 19.7 Å². The van der Waals surface area contributed by atoms with Crippen LogP contribution in [0.15, 0.2) is 60.8 Å². The second kappa shape index (κ2) is 8.26. The van der Waals surface area contributed by atoms with Crippen LogP contribution in [0.1, 0.15) is 29.2 Å². The summed E-state index contributed by atoms with van der Waals surface area (Å²) in [6, 6.07) is 18.4. The molecule has 9 heteroatoms. The van der Waals surface area contributed by atoms with Crippen LogP contribution in [0.2, 0.25) is 0 Å². The Hall–Kier alpha value is -4.42. The Labute approximate surface area is 190 Å². The zero-order valence-corrected chi connectivity index (χ0v) is 17.9. The number of nitrogens with one attached hydrogen (secondary N) is 1. The van der Waals surface area contributed by atoms with Gasteiger partial charge in [-0.2, -0.15) is 15.3 Å². The second-order valence-corrected chi connectivity index (χ2v) is 7.85. The van der Waals surface area contributed by atoms with Gasteiger partial charge in [-0.15, -0.1) is 5.10 Å². The van der Waals surface area contributed by atoms with Crippen molar-refractivity contribution in [2.45, 2.75) is 19.4 Å². The lowest BCUT2D eigenvalue weighted by atomic mass is 10.0. The Morgan fingerprint density at radius 3 is 2.76 bits per heavy atom. The van der Waals surface area contributed by atoms with Crippen molar-refractivity contribution in [3.8, 4) is 17.2 Å². The van der Waals surface area contributed by atoms with E-state index < -0.39 is 0 Å². The number of nitrogen functional groups attached to an aromatic ring is 1. The Bertz CT molecular complexity index is 1390. The average molecular weight is 439 g/mol. The van der Waals surface area contributed by atoms with Gasteiger partial charge in [-0.3, -0.25) is 4.84 Å². The van der Waals surface area contributed by atoms with E-state index in [2.05, 4.69) is 21.5 Å². The SMILES string of the molecule is Cc1ccc(-c2ccn3nc(N)nc3c2)cc1NC(=O)N1OCCC1c1ccc(C#N)cc1. The number of hydrogen-bond donors (Lipinski definition) is 2. The smallest absolute Gasteiger partial charge is 0.346 e. The number of aryl methyl sites for hydroxylation is 1. The third-order valence-corrected chi connectivity index (χ3v) is 5.70. The molecule has 1 aliphatic rings. The molecule has 3 N–H and O–H groups in total. The van der Waals surface area contributed by atoms with Crippen LogP contribution in [-0.2, 0) is 4.84 Å². The summed E-state index contributed by atoms with van der Waals surface area (Å²) in [5.74, 6) is 0.214. The topological polar surface area (TPSA) is 122 Å². The van der Waals surface area contributed by atoms with Crippen LogP contribution in [0, 0.1) is 18.3 Å². The zero-order valence-electron chi connectivity index (χ0n) is 17.9. The largest absolute Gasteiger partial charge is 0.366 e. The predicted molar refractivity (Wildman–Crippen MR) is 123 cm³/mol. The molecule has 1 saturated heterocycles. The molecule has 2 aromatic heterocycles. The molecule has 3 heterocycles. The molecule has 2 aromatic carbocycles. The first-order chi connectivity index (χ1) is 16.0. The molecule has 0 aliphatic carbocycles. The van der Waals surface area contributed by atoms with Crippen LogP contribution in [0.3, 0.4) is 0 Å². The van der Waals surface area contributed by atoms with E-state index in [1.54, 1.807) is 22.8 Å². The summed E-state index contributed by atoms with van der Waals surface area (Å²) in [6.45, 7) is 2.38. The van der Waals surface area contributed by atoms with Gasteiger partial charge in [-0.1, -0.05) is 24.3 Å². The third kappa shape index (κ3) is 3.95. The van der Waals surface area contributed by atoms with Crippen molar-refractivity contribution in [2.75, 3.05) is 17.7 Å². The first-order valence-electron chi connectivity index (χ1n) is 10.5. The Balaban J connectivity index is 1.38. The summed E-state index contributed by atoms with van der Waals surface area (Å²) < 4.78 is 1.61. The van der Waals surface area contributed by atoms with E-state index in [0.29, 0.717) is 29.9 Å². The van der Waals surface area contributed by atoms with E-state index in [9.17, 15) is 4.79 Å². The maximum absolute atomic E-state index is 13.1. The highest BCUT2D eigenvalue weighted by Gasteiger charge is 2.32. The second-order valence-electron chi connectivity index (χ2n) is 7.85. The number of hydroxylamine groups is 2. The molecule has 1 aliphatic heterocycles. The van der Waals surface area contributed by atoms with E-state index in [4.69, 9.17) is 15.8 Å². The van der Waals surface area contributed by atoms with Gasteiger partial charge in [-0.25, -0.2) is 9.31 Å². The molecule has 1 fully saturated rings. The van der Waals surface area contributed by atoms with Crippen LogP contribution in [0.5, 0.6) is 0 Å². The maximum atomic E-state index is 13.1. The molecule has 1 unspecified atom stereocenters. The number of pyridine rings is 1. The minimum absolute atomic E-state index is 0.214. The molecular formula is C24H21N7O2. The van der Waals surface area contributed by atoms with Crippen LogP contribution in [-0.4, -0.2) is 32.3 Å². The van der Waals surface area contributed by atoms with Crippen molar-refractivity contribution in [2.24, 2.45) is 0 Å². The van der Waals surface area contributed by atoms with Gasteiger partial charge in [0.05, 0.1) is 24.3 Å². The van der Waals surface area contributed by atoms with Gasteiger partial charge in [0.2, 0.25) is 5.95 Å². The average Bonchev–Trinajstić information content (AvgIpc) is 3.46. The lowest BCUT2D eigenvalue weighted by Gasteiger charge is -2.23. The highest BCUT2D eigenvalue weighted by Crippen LogP contribution is 2.32. The quantitative estimate of drug-likeness (QED) is 0.496. The van der Waals surface area contributed by atoms with Crippen LogP contribution in [0.25, 0.3) is 16.8 Å². The number of fused-ring (bicyclic) bond motifs is 1. The fourth-order valence-corrected chi connectivity index (χ4v) is 3.94. The van der Waals surface area contributed by atoms with Gasteiger partial charge in [0.15, 0.2) is 5.65 Å². The summed E-state index contributed by atoms with van der Waals surface area (Å²) in [6.07, 6.45) is 2.48. The Morgan fingerprint density at radius 2 is 1.97 bits per heavy atom. The van der Waals surface area contributed by atoms with Crippen molar-refractivity contribution in [3.63, 3.8) is 0 Å². The molecule has 33 heavy (non-hydrogen) atoms.